The Morgan fingerprint density at radius 3 is 2.56 bits per heavy atom. The Morgan fingerprint density at radius 2 is 2.00 bits per heavy atom. The Kier molecular flexibility index (Phi) is 4.12. The zero-order valence-corrected chi connectivity index (χ0v) is 11.6. The second kappa shape index (κ2) is 5.61. The minimum Gasteiger partial charge on any atom is -0.497 e. The zero-order chi connectivity index (χ0) is 13.1. The molecule has 0 N–H and O–H groups in total. The topological polar surface area (TPSA) is 31.0 Å². The maximum Gasteiger partial charge on any atom is 0.122 e. The molecule has 0 amide bonds. The molecule has 1 aromatic carbocycles. The molecule has 0 bridgehead atoms. The highest BCUT2D eigenvalue weighted by atomic mass is 16.6. The van der Waals surface area contributed by atoms with E-state index in [0.717, 1.165) is 24.3 Å². The molecule has 100 valence electrons. The van der Waals surface area contributed by atoms with E-state index in [9.17, 15) is 0 Å². The van der Waals surface area contributed by atoms with Crippen molar-refractivity contribution < 1.29 is 14.2 Å². The van der Waals surface area contributed by atoms with E-state index in [4.69, 9.17) is 14.2 Å². The third-order valence-electron chi connectivity index (χ3n) is 3.64. The largest absolute Gasteiger partial charge is 0.497 e. The van der Waals surface area contributed by atoms with Gasteiger partial charge in [-0.25, -0.2) is 0 Å². The summed E-state index contributed by atoms with van der Waals surface area (Å²) in [6.45, 7) is 4.38. The first kappa shape index (κ1) is 13.2. The average Bonchev–Trinajstić information content (AvgIpc) is 3.16. The summed E-state index contributed by atoms with van der Waals surface area (Å²) in [5.41, 5.74) is 1.20. The van der Waals surface area contributed by atoms with Gasteiger partial charge in [0.15, 0.2) is 0 Å². The maximum absolute atomic E-state index is 5.62. The fraction of sp³-hybridized carbons (Fsp3) is 0.600. The van der Waals surface area contributed by atoms with E-state index in [2.05, 4.69) is 19.9 Å². The molecule has 2 rings (SSSR count). The van der Waals surface area contributed by atoms with E-state index in [1.54, 1.807) is 14.2 Å². The van der Waals surface area contributed by atoms with Gasteiger partial charge in [0.25, 0.3) is 0 Å². The van der Waals surface area contributed by atoms with Gasteiger partial charge in [-0.15, -0.1) is 0 Å². The van der Waals surface area contributed by atoms with Gasteiger partial charge in [-0.1, -0.05) is 13.8 Å². The summed E-state index contributed by atoms with van der Waals surface area (Å²) in [5.74, 6) is 2.22. The van der Waals surface area contributed by atoms with Gasteiger partial charge in [0.1, 0.15) is 11.5 Å². The van der Waals surface area contributed by atoms with Crippen LogP contribution in [0, 0.1) is 0 Å². The normalized spacial score (nSPS) is 23.6. The second-order valence-corrected chi connectivity index (χ2v) is 4.87. The molecule has 1 heterocycles. The second-order valence-electron chi connectivity index (χ2n) is 4.87. The number of hydrogen-bond donors (Lipinski definition) is 0. The van der Waals surface area contributed by atoms with Crippen LogP contribution >= 0.6 is 0 Å². The lowest BCUT2D eigenvalue weighted by atomic mass is 9.94. The molecule has 3 nitrogen and oxygen atoms in total. The predicted octanol–water partition coefficient (Wildman–Crippen LogP) is 3.37. The molecule has 1 aromatic rings. The fourth-order valence-corrected chi connectivity index (χ4v) is 2.45. The van der Waals surface area contributed by atoms with Gasteiger partial charge in [0.05, 0.1) is 26.4 Å². The van der Waals surface area contributed by atoms with Crippen LogP contribution in [0.15, 0.2) is 18.2 Å². The van der Waals surface area contributed by atoms with Crippen LogP contribution in [-0.4, -0.2) is 26.4 Å². The van der Waals surface area contributed by atoms with Crippen LogP contribution in [0.5, 0.6) is 11.5 Å². The zero-order valence-electron chi connectivity index (χ0n) is 11.6. The summed E-state index contributed by atoms with van der Waals surface area (Å²) in [6, 6.07) is 5.96. The van der Waals surface area contributed by atoms with Crippen LogP contribution in [0.2, 0.25) is 0 Å². The summed E-state index contributed by atoms with van der Waals surface area (Å²) in [7, 11) is 3.40. The molecule has 1 saturated heterocycles. The third-order valence-corrected chi connectivity index (χ3v) is 3.64. The first-order valence-corrected chi connectivity index (χ1v) is 6.57. The number of hydrogen-bond acceptors (Lipinski definition) is 3. The van der Waals surface area contributed by atoms with Gasteiger partial charge >= 0.3 is 0 Å². The molecule has 1 aliphatic heterocycles. The van der Waals surface area contributed by atoms with E-state index in [-0.39, 0.29) is 0 Å². The van der Waals surface area contributed by atoms with Crippen LogP contribution in [0.1, 0.15) is 38.2 Å². The van der Waals surface area contributed by atoms with Crippen molar-refractivity contribution in [3.63, 3.8) is 0 Å². The van der Waals surface area contributed by atoms with Crippen molar-refractivity contribution in [3.05, 3.63) is 23.8 Å². The molecule has 3 unspecified atom stereocenters. The molecule has 0 saturated carbocycles. The highest BCUT2D eigenvalue weighted by molar-refractivity contribution is 5.42. The quantitative estimate of drug-likeness (QED) is 0.725. The average molecular weight is 250 g/mol. The molecular formula is C15H22O3. The van der Waals surface area contributed by atoms with Gasteiger partial charge < -0.3 is 14.2 Å². The summed E-state index contributed by atoms with van der Waals surface area (Å²) < 4.78 is 16.3. The van der Waals surface area contributed by atoms with Gasteiger partial charge in [0.2, 0.25) is 0 Å². The predicted molar refractivity (Wildman–Crippen MR) is 71.5 cm³/mol. The molecule has 1 aliphatic rings. The maximum atomic E-state index is 5.62. The summed E-state index contributed by atoms with van der Waals surface area (Å²) >= 11 is 0. The Hall–Kier alpha value is -1.22. The van der Waals surface area contributed by atoms with Crippen molar-refractivity contribution in [1.82, 2.24) is 0 Å². The lowest BCUT2D eigenvalue weighted by Gasteiger charge is -2.16. The molecule has 0 aromatic heterocycles. The summed E-state index contributed by atoms with van der Waals surface area (Å²) in [6.07, 6.45) is 3.03. The van der Waals surface area contributed by atoms with E-state index in [1.165, 1.54) is 5.56 Å². The van der Waals surface area contributed by atoms with Crippen LogP contribution in [0.25, 0.3) is 0 Å². The monoisotopic (exact) mass is 250 g/mol. The molecule has 0 spiro atoms. The lowest BCUT2D eigenvalue weighted by Crippen LogP contribution is -2.03. The number of rotatable bonds is 6. The Labute approximate surface area is 109 Å². The molecule has 18 heavy (non-hydrogen) atoms. The number of benzene rings is 1. The SMILES string of the molecule is CCC1OC1CC(C)c1cc(OC)ccc1OC. The van der Waals surface area contributed by atoms with Crippen LogP contribution in [-0.2, 0) is 4.74 Å². The van der Waals surface area contributed by atoms with E-state index in [0.29, 0.717) is 18.1 Å². The minimum atomic E-state index is 0.414. The molecule has 3 atom stereocenters. The fourth-order valence-electron chi connectivity index (χ4n) is 2.45. The molecule has 0 aliphatic carbocycles. The highest BCUT2D eigenvalue weighted by Crippen LogP contribution is 2.38. The number of methoxy groups -OCH3 is 2. The first-order chi connectivity index (χ1) is 8.69. The molecular weight excluding hydrogens is 228 g/mol. The van der Waals surface area contributed by atoms with E-state index < -0.39 is 0 Å². The van der Waals surface area contributed by atoms with E-state index in [1.807, 2.05) is 12.1 Å². The third kappa shape index (κ3) is 2.78. The van der Waals surface area contributed by atoms with Crippen molar-refractivity contribution in [2.24, 2.45) is 0 Å². The van der Waals surface area contributed by atoms with E-state index >= 15 is 0 Å². The number of ether oxygens (including phenoxy) is 3. The summed E-state index contributed by atoms with van der Waals surface area (Å²) in [5, 5.41) is 0. The van der Waals surface area contributed by atoms with Gasteiger partial charge in [-0.2, -0.15) is 0 Å². The lowest BCUT2D eigenvalue weighted by molar-refractivity contribution is 0.349. The molecule has 0 radical (unpaired) electrons. The van der Waals surface area contributed by atoms with Crippen LogP contribution in [0.4, 0.5) is 0 Å². The first-order valence-electron chi connectivity index (χ1n) is 6.57. The van der Waals surface area contributed by atoms with Crippen molar-refractivity contribution in [3.8, 4) is 11.5 Å². The highest BCUT2D eigenvalue weighted by Gasteiger charge is 2.38. The van der Waals surface area contributed by atoms with Crippen molar-refractivity contribution in [2.45, 2.75) is 44.8 Å². The van der Waals surface area contributed by atoms with Gasteiger partial charge in [-0.3, -0.25) is 0 Å². The van der Waals surface area contributed by atoms with Crippen LogP contribution in [0.3, 0.4) is 0 Å². The Morgan fingerprint density at radius 1 is 1.22 bits per heavy atom. The summed E-state index contributed by atoms with van der Waals surface area (Å²) in [4.78, 5) is 0. The standard InChI is InChI=1S/C15H22O3/c1-5-13-15(18-13)8-10(2)12-9-11(16-3)6-7-14(12)17-4/h6-7,9-10,13,15H,5,8H2,1-4H3. The molecule has 1 fully saturated rings. The van der Waals surface area contributed by atoms with Gasteiger partial charge in [0, 0.05) is 5.56 Å². The van der Waals surface area contributed by atoms with Crippen molar-refractivity contribution in [2.75, 3.05) is 14.2 Å². The van der Waals surface area contributed by atoms with Crippen LogP contribution < -0.4 is 9.47 Å². The van der Waals surface area contributed by atoms with Crippen molar-refractivity contribution >= 4 is 0 Å². The molecule has 3 heteroatoms. The van der Waals surface area contributed by atoms with Gasteiger partial charge in [-0.05, 0) is 37.0 Å². The number of epoxide rings is 1. The Bertz CT molecular complexity index is 403. The van der Waals surface area contributed by atoms with Crippen molar-refractivity contribution in [1.29, 1.82) is 0 Å². The Balaban J connectivity index is 2.10. The minimum absolute atomic E-state index is 0.414. The smallest absolute Gasteiger partial charge is 0.122 e.